The zero-order valence-corrected chi connectivity index (χ0v) is 11.6. The highest BCUT2D eigenvalue weighted by molar-refractivity contribution is 5.80. The van der Waals surface area contributed by atoms with Gasteiger partial charge in [0, 0.05) is 25.8 Å². The number of benzene rings is 1. The Hall–Kier alpha value is -2.30. The third-order valence-electron chi connectivity index (χ3n) is 3.30. The molecule has 3 rings (SSSR count). The second-order valence-corrected chi connectivity index (χ2v) is 4.89. The summed E-state index contributed by atoms with van der Waals surface area (Å²) in [6, 6.07) is 10.3. The van der Waals surface area contributed by atoms with E-state index in [0.717, 1.165) is 43.4 Å². The van der Waals surface area contributed by atoms with E-state index < -0.39 is 0 Å². The smallest absolute Gasteiger partial charge is 0.191 e. The van der Waals surface area contributed by atoms with E-state index in [0.29, 0.717) is 0 Å². The van der Waals surface area contributed by atoms with Crippen molar-refractivity contribution in [3.63, 3.8) is 0 Å². The van der Waals surface area contributed by atoms with Crippen LogP contribution in [0.5, 0.6) is 0 Å². The summed E-state index contributed by atoms with van der Waals surface area (Å²) in [6.45, 7) is 4.63. The average molecular weight is 269 g/mol. The van der Waals surface area contributed by atoms with Crippen LogP contribution in [0.15, 0.2) is 41.5 Å². The van der Waals surface area contributed by atoms with Crippen molar-refractivity contribution >= 4 is 5.96 Å². The van der Waals surface area contributed by atoms with Crippen LogP contribution in [0.25, 0.3) is 5.69 Å². The van der Waals surface area contributed by atoms with Crippen LogP contribution in [-0.4, -0.2) is 28.8 Å². The number of guanidine groups is 1. The maximum absolute atomic E-state index is 4.48. The number of rotatable bonds is 3. The number of hydrogen-bond acceptors (Lipinski definition) is 4. The topological polar surface area (TPSA) is 54.2 Å². The molecule has 1 aliphatic rings. The Labute approximate surface area is 118 Å². The van der Waals surface area contributed by atoms with Crippen LogP contribution in [0.3, 0.4) is 0 Å². The normalized spacial score (nSPS) is 14.6. The van der Waals surface area contributed by atoms with Gasteiger partial charge < -0.3 is 10.6 Å². The van der Waals surface area contributed by atoms with Crippen LogP contribution in [0.4, 0.5) is 0 Å². The molecule has 0 saturated carbocycles. The number of aryl methyl sites for hydroxylation is 1. The van der Waals surface area contributed by atoms with E-state index in [9.17, 15) is 0 Å². The Kier molecular flexibility index (Phi) is 3.67. The maximum Gasteiger partial charge on any atom is 0.191 e. The lowest BCUT2D eigenvalue weighted by Gasteiger charge is -2.17. The Morgan fingerprint density at radius 3 is 2.95 bits per heavy atom. The number of para-hydroxylation sites is 1. The summed E-state index contributed by atoms with van der Waals surface area (Å²) in [7, 11) is 0. The molecule has 104 valence electrons. The zero-order valence-electron chi connectivity index (χ0n) is 11.6. The van der Waals surface area contributed by atoms with Gasteiger partial charge in [0.15, 0.2) is 5.96 Å². The number of nitrogens with one attached hydrogen (secondary N) is 2. The predicted octanol–water partition coefficient (Wildman–Crippen LogP) is 1.62. The third-order valence-corrected chi connectivity index (χ3v) is 3.30. The summed E-state index contributed by atoms with van der Waals surface area (Å²) in [6.07, 6.45) is 3.10. The van der Waals surface area contributed by atoms with Gasteiger partial charge in [0.25, 0.3) is 0 Å². The first-order valence-electron chi connectivity index (χ1n) is 6.96. The molecule has 1 aromatic heterocycles. The van der Waals surface area contributed by atoms with Crippen molar-refractivity contribution < 1.29 is 0 Å². The molecule has 0 atom stereocenters. The lowest BCUT2D eigenvalue weighted by atomic mass is 10.2. The SMILES string of the molecule is Cc1ccn(-c2ccccc2CNC2=NCCCN2)n1. The van der Waals surface area contributed by atoms with E-state index >= 15 is 0 Å². The van der Waals surface area contributed by atoms with Gasteiger partial charge in [-0.1, -0.05) is 18.2 Å². The van der Waals surface area contributed by atoms with Gasteiger partial charge in [-0.2, -0.15) is 5.10 Å². The van der Waals surface area contributed by atoms with Crippen molar-refractivity contribution in [3.8, 4) is 5.69 Å². The van der Waals surface area contributed by atoms with Gasteiger partial charge in [0.05, 0.1) is 11.4 Å². The summed E-state index contributed by atoms with van der Waals surface area (Å²) in [5, 5.41) is 11.1. The molecule has 0 saturated heterocycles. The first-order chi connectivity index (χ1) is 9.83. The van der Waals surface area contributed by atoms with Crippen LogP contribution < -0.4 is 10.6 Å². The molecule has 5 nitrogen and oxygen atoms in total. The highest BCUT2D eigenvalue weighted by Gasteiger charge is 2.07. The Bertz CT molecular complexity index is 614. The molecule has 2 N–H and O–H groups in total. The predicted molar refractivity (Wildman–Crippen MR) is 80.1 cm³/mol. The van der Waals surface area contributed by atoms with Gasteiger partial charge in [-0.15, -0.1) is 0 Å². The molecule has 0 unspecified atom stereocenters. The summed E-state index contributed by atoms with van der Waals surface area (Å²) >= 11 is 0. The molecule has 0 fully saturated rings. The van der Waals surface area contributed by atoms with Gasteiger partial charge in [0.1, 0.15) is 0 Å². The second-order valence-electron chi connectivity index (χ2n) is 4.89. The zero-order chi connectivity index (χ0) is 13.8. The fourth-order valence-corrected chi connectivity index (χ4v) is 2.26. The van der Waals surface area contributed by atoms with E-state index in [4.69, 9.17) is 0 Å². The molecule has 0 spiro atoms. The second kappa shape index (κ2) is 5.77. The number of aromatic nitrogens is 2. The summed E-state index contributed by atoms with van der Waals surface area (Å²) < 4.78 is 1.92. The van der Waals surface area contributed by atoms with Crippen molar-refractivity contribution in [2.24, 2.45) is 4.99 Å². The highest BCUT2D eigenvalue weighted by atomic mass is 15.3. The van der Waals surface area contributed by atoms with Crippen LogP contribution in [-0.2, 0) is 6.54 Å². The lowest BCUT2D eigenvalue weighted by Crippen LogP contribution is -2.40. The Balaban J connectivity index is 1.77. The fraction of sp³-hybridized carbons (Fsp3) is 0.333. The van der Waals surface area contributed by atoms with Crippen LogP contribution in [0.2, 0.25) is 0 Å². The highest BCUT2D eigenvalue weighted by Crippen LogP contribution is 2.14. The molecule has 2 aromatic rings. The summed E-state index contributed by atoms with van der Waals surface area (Å²) in [5.41, 5.74) is 3.32. The minimum atomic E-state index is 0.737. The van der Waals surface area contributed by atoms with Crippen molar-refractivity contribution in [2.75, 3.05) is 13.1 Å². The monoisotopic (exact) mass is 269 g/mol. The standard InChI is InChI=1S/C15H19N5/c1-12-7-10-20(19-12)14-6-3-2-5-13(14)11-18-15-16-8-4-9-17-15/h2-3,5-7,10H,4,8-9,11H2,1H3,(H2,16,17,18). The quantitative estimate of drug-likeness (QED) is 0.890. The molecule has 5 heteroatoms. The van der Waals surface area contributed by atoms with Crippen LogP contribution in [0, 0.1) is 6.92 Å². The van der Waals surface area contributed by atoms with E-state index in [-0.39, 0.29) is 0 Å². The van der Waals surface area contributed by atoms with E-state index in [1.54, 1.807) is 0 Å². The molecule has 1 aromatic carbocycles. The average Bonchev–Trinajstić information content (AvgIpc) is 2.93. The Morgan fingerprint density at radius 2 is 2.20 bits per heavy atom. The van der Waals surface area contributed by atoms with Gasteiger partial charge in [-0.25, -0.2) is 4.68 Å². The summed E-state index contributed by atoms with van der Waals surface area (Å²) in [4.78, 5) is 4.42. The largest absolute Gasteiger partial charge is 0.356 e. The van der Waals surface area contributed by atoms with Crippen LogP contribution >= 0.6 is 0 Å². The van der Waals surface area contributed by atoms with E-state index in [1.807, 2.05) is 36.0 Å². The van der Waals surface area contributed by atoms with E-state index in [2.05, 4.69) is 32.9 Å². The minimum absolute atomic E-state index is 0.737. The third kappa shape index (κ3) is 2.82. The first kappa shape index (κ1) is 12.7. The van der Waals surface area contributed by atoms with Crippen molar-refractivity contribution in [1.29, 1.82) is 0 Å². The van der Waals surface area contributed by atoms with Crippen molar-refractivity contribution in [2.45, 2.75) is 19.9 Å². The molecule has 20 heavy (non-hydrogen) atoms. The first-order valence-corrected chi connectivity index (χ1v) is 6.96. The van der Waals surface area contributed by atoms with Crippen LogP contribution in [0.1, 0.15) is 17.7 Å². The van der Waals surface area contributed by atoms with Crippen molar-refractivity contribution in [1.82, 2.24) is 20.4 Å². The molecular weight excluding hydrogens is 250 g/mol. The molecule has 0 aliphatic carbocycles. The van der Waals surface area contributed by atoms with Gasteiger partial charge in [0.2, 0.25) is 0 Å². The molecule has 0 bridgehead atoms. The molecule has 0 radical (unpaired) electrons. The molecule has 0 amide bonds. The lowest BCUT2D eigenvalue weighted by molar-refractivity contribution is 0.700. The van der Waals surface area contributed by atoms with Gasteiger partial charge >= 0.3 is 0 Å². The number of hydrogen-bond donors (Lipinski definition) is 2. The molecular formula is C15H19N5. The Morgan fingerprint density at radius 1 is 1.30 bits per heavy atom. The van der Waals surface area contributed by atoms with Gasteiger partial charge in [-0.3, -0.25) is 4.99 Å². The van der Waals surface area contributed by atoms with Crippen molar-refractivity contribution in [3.05, 3.63) is 47.8 Å². The fourth-order valence-electron chi connectivity index (χ4n) is 2.26. The maximum atomic E-state index is 4.48. The number of nitrogens with zero attached hydrogens (tertiary/aromatic N) is 3. The van der Waals surface area contributed by atoms with E-state index in [1.165, 1.54) is 5.56 Å². The molecule has 1 aliphatic heterocycles. The summed E-state index contributed by atoms with van der Waals surface area (Å²) in [5.74, 6) is 0.891. The van der Waals surface area contributed by atoms with Gasteiger partial charge in [-0.05, 0) is 31.0 Å². The number of aliphatic imine (C=N–C) groups is 1. The molecule has 2 heterocycles. The minimum Gasteiger partial charge on any atom is -0.356 e.